The number of hydrogen-bond acceptors (Lipinski definition) is 6. The lowest BCUT2D eigenvalue weighted by atomic mass is 10.2. The number of amides is 1. The topological polar surface area (TPSA) is 98.0 Å². The lowest BCUT2D eigenvalue weighted by Gasteiger charge is -2.12. The molecule has 0 saturated carbocycles. The second kappa shape index (κ2) is 8.37. The summed E-state index contributed by atoms with van der Waals surface area (Å²) in [5.74, 6) is 0.419. The number of rotatable bonds is 8. The number of methoxy groups -OCH3 is 1. The summed E-state index contributed by atoms with van der Waals surface area (Å²) in [6, 6.07) is 12.5. The molecule has 1 amide bonds. The highest BCUT2D eigenvalue weighted by Crippen LogP contribution is 2.24. The number of ether oxygens (including phenoxy) is 2. The first-order chi connectivity index (χ1) is 13.1. The fraction of sp³-hybridized carbons (Fsp3) is 0.200. The van der Waals surface area contributed by atoms with Gasteiger partial charge in [0.2, 0.25) is 0 Å². The normalized spacial score (nSPS) is 11.9. The van der Waals surface area contributed by atoms with Crippen LogP contribution in [0.4, 0.5) is 0 Å². The fourth-order valence-electron chi connectivity index (χ4n) is 2.51. The van der Waals surface area contributed by atoms with Gasteiger partial charge in [-0.25, -0.2) is 0 Å². The van der Waals surface area contributed by atoms with Gasteiger partial charge in [-0.3, -0.25) is 4.79 Å². The molecular weight excluding hydrogens is 350 g/mol. The van der Waals surface area contributed by atoms with Crippen molar-refractivity contribution < 1.29 is 28.6 Å². The van der Waals surface area contributed by atoms with Crippen LogP contribution in [-0.4, -0.2) is 37.1 Å². The first-order valence-corrected chi connectivity index (χ1v) is 8.28. The minimum atomic E-state index is -0.808. The van der Waals surface area contributed by atoms with Gasteiger partial charge in [-0.1, -0.05) is 12.1 Å². The van der Waals surface area contributed by atoms with Crippen molar-refractivity contribution in [2.24, 2.45) is 0 Å². The molecule has 0 aliphatic carbocycles. The number of carbonyl (C=O) groups is 2. The fourth-order valence-corrected chi connectivity index (χ4v) is 2.51. The van der Waals surface area contributed by atoms with Gasteiger partial charge in [0.1, 0.15) is 29.4 Å². The number of furan rings is 1. The minimum Gasteiger partial charge on any atom is -0.508 e. The van der Waals surface area contributed by atoms with Crippen molar-refractivity contribution in [1.82, 2.24) is 5.32 Å². The number of aromatic hydroxyl groups is 1. The molecule has 0 aliphatic heterocycles. The molecule has 0 spiro atoms. The maximum Gasteiger partial charge on any atom is 0.287 e. The van der Waals surface area contributed by atoms with Gasteiger partial charge in [-0.2, -0.15) is 0 Å². The molecule has 7 nitrogen and oxygen atoms in total. The summed E-state index contributed by atoms with van der Waals surface area (Å²) in [4.78, 5) is 23.6. The third kappa shape index (κ3) is 4.65. The quantitative estimate of drug-likeness (QED) is 0.593. The summed E-state index contributed by atoms with van der Waals surface area (Å²) >= 11 is 0. The van der Waals surface area contributed by atoms with Crippen LogP contribution in [-0.2, 0) is 16.1 Å². The van der Waals surface area contributed by atoms with Crippen LogP contribution in [0.2, 0.25) is 0 Å². The van der Waals surface area contributed by atoms with Gasteiger partial charge in [-0.15, -0.1) is 0 Å². The van der Waals surface area contributed by atoms with Gasteiger partial charge < -0.3 is 29.1 Å². The number of benzene rings is 2. The van der Waals surface area contributed by atoms with Gasteiger partial charge in [-0.05, 0) is 42.0 Å². The Morgan fingerprint density at radius 3 is 2.70 bits per heavy atom. The molecule has 27 heavy (non-hydrogen) atoms. The van der Waals surface area contributed by atoms with E-state index in [0.717, 1.165) is 10.9 Å². The number of hydrogen-bond donors (Lipinski definition) is 2. The Labute approximate surface area is 155 Å². The molecule has 2 N–H and O–H groups in total. The smallest absolute Gasteiger partial charge is 0.287 e. The average molecular weight is 369 g/mol. The van der Waals surface area contributed by atoms with E-state index >= 15 is 0 Å². The summed E-state index contributed by atoms with van der Waals surface area (Å²) in [6.45, 7) is 0.273. The van der Waals surface area contributed by atoms with Gasteiger partial charge in [0, 0.05) is 5.39 Å². The van der Waals surface area contributed by atoms with Crippen molar-refractivity contribution in [3.05, 3.63) is 59.9 Å². The molecule has 0 fully saturated rings. The molecule has 0 radical (unpaired) electrons. The molecule has 7 heteroatoms. The highest BCUT2D eigenvalue weighted by Gasteiger charge is 2.17. The van der Waals surface area contributed by atoms with Crippen LogP contribution in [0.3, 0.4) is 0 Å². The van der Waals surface area contributed by atoms with E-state index in [2.05, 4.69) is 5.32 Å². The van der Waals surface area contributed by atoms with E-state index in [-0.39, 0.29) is 24.7 Å². The SMILES string of the molecule is COc1ccc2oc(C(=O)NC(C=O)COCc3ccc(O)cc3)cc2c1. The minimum absolute atomic E-state index is 0.0180. The molecule has 3 aromatic rings. The molecule has 2 aromatic carbocycles. The maximum atomic E-state index is 12.3. The van der Waals surface area contributed by atoms with E-state index in [1.54, 1.807) is 55.6 Å². The van der Waals surface area contributed by atoms with Crippen LogP contribution in [0.1, 0.15) is 16.1 Å². The van der Waals surface area contributed by atoms with E-state index in [1.807, 2.05) is 0 Å². The Morgan fingerprint density at radius 2 is 2.00 bits per heavy atom. The van der Waals surface area contributed by atoms with E-state index in [9.17, 15) is 14.7 Å². The van der Waals surface area contributed by atoms with Crippen LogP contribution in [0.25, 0.3) is 11.0 Å². The molecule has 0 aliphatic rings. The van der Waals surface area contributed by atoms with Crippen molar-refractivity contribution in [3.8, 4) is 11.5 Å². The second-order valence-corrected chi connectivity index (χ2v) is 5.91. The monoisotopic (exact) mass is 369 g/mol. The molecule has 3 rings (SSSR count). The van der Waals surface area contributed by atoms with Gasteiger partial charge in [0.15, 0.2) is 5.76 Å². The standard InChI is InChI=1S/C20H19NO6/c1-25-17-6-7-18-14(8-17)9-19(27-18)20(24)21-15(10-22)12-26-11-13-2-4-16(23)5-3-13/h2-10,15,23H,11-12H2,1H3,(H,21,24). The van der Waals surface area contributed by atoms with E-state index in [0.29, 0.717) is 17.6 Å². The maximum absolute atomic E-state index is 12.3. The summed E-state index contributed by atoms with van der Waals surface area (Å²) in [7, 11) is 1.56. The highest BCUT2D eigenvalue weighted by molar-refractivity contribution is 5.97. The number of phenolic OH excluding ortho intramolecular Hbond substituents is 1. The molecular formula is C20H19NO6. The molecule has 0 saturated heterocycles. The Balaban J connectivity index is 1.57. The predicted molar refractivity (Wildman–Crippen MR) is 97.8 cm³/mol. The Morgan fingerprint density at radius 1 is 1.22 bits per heavy atom. The van der Waals surface area contributed by atoms with Crippen molar-refractivity contribution in [2.75, 3.05) is 13.7 Å². The largest absolute Gasteiger partial charge is 0.508 e. The first-order valence-electron chi connectivity index (χ1n) is 8.28. The van der Waals surface area contributed by atoms with Crippen LogP contribution in [0.15, 0.2) is 52.9 Å². The zero-order valence-electron chi connectivity index (χ0n) is 14.7. The lowest BCUT2D eigenvalue weighted by molar-refractivity contribution is -0.110. The number of carbonyl (C=O) groups excluding carboxylic acids is 2. The van der Waals surface area contributed by atoms with Crippen LogP contribution in [0.5, 0.6) is 11.5 Å². The highest BCUT2D eigenvalue weighted by atomic mass is 16.5. The lowest BCUT2D eigenvalue weighted by Crippen LogP contribution is -2.39. The van der Waals surface area contributed by atoms with Crippen molar-refractivity contribution in [2.45, 2.75) is 12.6 Å². The zero-order chi connectivity index (χ0) is 19.2. The number of phenols is 1. The van der Waals surface area contributed by atoms with Gasteiger partial charge in [0.05, 0.1) is 20.3 Å². The van der Waals surface area contributed by atoms with Crippen molar-refractivity contribution >= 4 is 23.2 Å². The summed E-state index contributed by atoms with van der Waals surface area (Å²) in [6.07, 6.45) is 0.612. The summed E-state index contributed by atoms with van der Waals surface area (Å²) in [5, 5.41) is 12.5. The Bertz CT molecular complexity index is 931. The van der Waals surface area contributed by atoms with E-state index < -0.39 is 11.9 Å². The van der Waals surface area contributed by atoms with Gasteiger partial charge in [0.25, 0.3) is 5.91 Å². The molecule has 140 valence electrons. The number of aldehydes is 1. The van der Waals surface area contributed by atoms with Crippen LogP contribution in [0, 0.1) is 0 Å². The molecule has 1 unspecified atom stereocenters. The van der Waals surface area contributed by atoms with Crippen molar-refractivity contribution in [3.63, 3.8) is 0 Å². The zero-order valence-corrected chi connectivity index (χ0v) is 14.7. The molecule has 0 bridgehead atoms. The predicted octanol–water partition coefficient (Wildman–Crippen LogP) is 2.66. The number of fused-ring (bicyclic) bond motifs is 1. The van der Waals surface area contributed by atoms with Crippen molar-refractivity contribution in [1.29, 1.82) is 0 Å². The van der Waals surface area contributed by atoms with E-state index in [1.165, 1.54) is 0 Å². The number of nitrogens with one attached hydrogen (secondary N) is 1. The van der Waals surface area contributed by atoms with E-state index in [4.69, 9.17) is 13.9 Å². The van der Waals surface area contributed by atoms with Gasteiger partial charge >= 0.3 is 0 Å². The molecule has 1 atom stereocenters. The summed E-state index contributed by atoms with van der Waals surface area (Å²) in [5.41, 5.74) is 1.39. The summed E-state index contributed by atoms with van der Waals surface area (Å²) < 4.78 is 16.1. The Hall–Kier alpha value is -3.32. The van der Waals surface area contributed by atoms with Crippen LogP contribution < -0.4 is 10.1 Å². The Kier molecular flexibility index (Phi) is 5.73. The molecule has 1 heterocycles. The second-order valence-electron chi connectivity index (χ2n) is 5.91. The van der Waals surface area contributed by atoms with Crippen LogP contribution >= 0.6 is 0 Å². The molecule has 1 aromatic heterocycles. The third-order valence-corrected chi connectivity index (χ3v) is 3.93. The third-order valence-electron chi connectivity index (χ3n) is 3.93. The first kappa shape index (κ1) is 18.5. The average Bonchev–Trinajstić information content (AvgIpc) is 3.12.